The van der Waals surface area contributed by atoms with Crippen molar-refractivity contribution in [2.45, 2.75) is 70.1 Å². The van der Waals surface area contributed by atoms with Gasteiger partial charge in [-0.25, -0.2) is 8.42 Å². The van der Waals surface area contributed by atoms with Gasteiger partial charge >= 0.3 is 0 Å². The van der Waals surface area contributed by atoms with Crippen molar-refractivity contribution >= 4 is 39.8 Å². The van der Waals surface area contributed by atoms with E-state index in [0.717, 1.165) is 39.4 Å². The molecule has 0 aromatic heterocycles. The van der Waals surface area contributed by atoms with Gasteiger partial charge in [0.05, 0.1) is 30.3 Å². The van der Waals surface area contributed by atoms with Crippen molar-refractivity contribution in [3.8, 4) is 0 Å². The molecule has 0 bridgehead atoms. The van der Waals surface area contributed by atoms with Crippen molar-refractivity contribution in [1.29, 1.82) is 0 Å². The molecule has 2 N–H and O–H groups in total. The van der Waals surface area contributed by atoms with Gasteiger partial charge in [-0.2, -0.15) is 0 Å². The summed E-state index contributed by atoms with van der Waals surface area (Å²) in [6, 6.07) is 0. The quantitative estimate of drug-likeness (QED) is 0.291. The highest BCUT2D eigenvalue weighted by Gasteiger charge is 2.38. The van der Waals surface area contributed by atoms with Crippen molar-refractivity contribution in [2.24, 2.45) is 4.99 Å². The molecule has 1 heterocycles. The Morgan fingerprint density at radius 3 is 2.28 bits per heavy atom. The van der Waals surface area contributed by atoms with E-state index in [1.54, 1.807) is 20.8 Å². The van der Waals surface area contributed by atoms with E-state index in [1.807, 2.05) is 6.92 Å². The number of nitrogens with one attached hydrogen (secondary N) is 2. The number of morpholine rings is 1. The monoisotopic (exact) mass is 544 g/mol. The minimum absolute atomic E-state index is 0. The van der Waals surface area contributed by atoms with Gasteiger partial charge in [-0.05, 0) is 40.5 Å². The van der Waals surface area contributed by atoms with Gasteiger partial charge in [-0.15, -0.1) is 24.0 Å². The van der Waals surface area contributed by atoms with Gasteiger partial charge in [0.1, 0.15) is 0 Å². The second kappa shape index (κ2) is 12.0. The summed E-state index contributed by atoms with van der Waals surface area (Å²) in [4.78, 5) is 7.46. The van der Waals surface area contributed by atoms with Crippen molar-refractivity contribution in [3.05, 3.63) is 0 Å². The third kappa shape index (κ3) is 7.81. The molecule has 1 aliphatic heterocycles. The van der Waals surface area contributed by atoms with Crippen molar-refractivity contribution in [1.82, 2.24) is 15.5 Å². The van der Waals surface area contributed by atoms with E-state index in [0.29, 0.717) is 12.5 Å². The zero-order chi connectivity index (χ0) is 20.7. The molecule has 29 heavy (non-hydrogen) atoms. The molecule has 0 radical (unpaired) electrons. The van der Waals surface area contributed by atoms with Gasteiger partial charge in [-0.3, -0.25) is 9.89 Å². The number of ether oxygens (including phenoxy) is 1. The number of nitrogens with zero attached hydrogens (tertiary/aromatic N) is 2. The summed E-state index contributed by atoms with van der Waals surface area (Å²) in [5, 5.41) is 6.49. The minimum Gasteiger partial charge on any atom is -0.379 e. The van der Waals surface area contributed by atoms with Crippen molar-refractivity contribution in [3.63, 3.8) is 0 Å². The van der Waals surface area contributed by atoms with Crippen molar-refractivity contribution in [2.75, 3.05) is 51.7 Å². The maximum absolute atomic E-state index is 12.3. The second-order valence-corrected chi connectivity index (χ2v) is 11.8. The van der Waals surface area contributed by atoms with Gasteiger partial charge in [0.15, 0.2) is 15.8 Å². The van der Waals surface area contributed by atoms with E-state index >= 15 is 0 Å². The van der Waals surface area contributed by atoms with E-state index in [4.69, 9.17) is 9.73 Å². The van der Waals surface area contributed by atoms with Crippen LogP contribution in [0.5, 0.6) is 0 Å². The fourth-order valence-corrected chi connectivity index (χ4v) is 4.98. The minimum atomic E-state index is -3.14. The Morgan fingerprint density at radius 1 is 1.10 bits per heavy atom. The molecule has 172 valence electrons. The molecule has 1 saturated carbocycles. The highest BCUT2D eigenvalue weighted by molar-refractivity contribution is 14.0. The summed E-state index contributed by atoms with van der Waals surface area (Å²) in [5.74, 6) is 0.819. The Hall–Kier alpha value is -0.130. The predicted octanol–water partition coefficient (Wildman–Crippen LogP) is 2.41. The Labute approximate surface area is 194 Å². The van der Waals surface area contributed by atoms with E-state index in [2.05, 4.69) is 15.5 Å². The van der Waals surface area contributed by atoms with Crippen LogP contribution in [0.4, 0.5) is 0 Å². The molecule has 0 aromatic carbocycles. The van der Waals surface area contributed by atoms with Crippen LogP contribution in [0.15, 0.2) is 4.99 Å². The van der Waals surface area contributed by atoms with E-state index in [9.17, 15) is 8.42 Å². The summed E-state index contributed by atoms with van der Waals surface area (Å²) >= 11 is 0. The Balaban J connectivity index is 0.00000420. The van der Waals surface area contributed by atoms with Gasteiger partial charge in [0.2, 0.25) is 0 Å². The van der Waals surface area contributed by atoms with Crippen molar-refractivity contribution < 1.29 is 13.2 Å². The van der Waals surface area contributed by atoms with Crippen LogP contribution in [0, 0.1) is 0 Å². The summed E-state index contributed by atoms with van der Waals surface area (Å²) in [7, 11) is -3.14. The molecule has 2 fully saturated rings. The maximum Gasteiger partial charge on any atom is 0.191 e. The lowest BCUT2D eigenvalue weighted by atomic mass is 9.80. The van der Waals surface area contributed by atoms with Crippen LogP contribution in [-0.4, -0.2) is 81.3 Å². The molecule has 2 rings (SSSR count). The standard InChI is InChI=1S/C20H40N4O3S.HI/c1-5-21-18(22-11-16-28(25,26)19(2,3)4)23-17-20(9-7-6-8-10-20)24-12-14-27-15-13-24;/h5-17H2,1-4H3,(H2,21,22,23);1H. The van der Waals surface area contributed by atoms with Crippen LogP contribution in [0.1, 0.15) is 59.8 Å². The Bertz CT molecular complexity index is 608. The molecule has 9 heteroatoms. The van der Waals surface area contributed by atoms with Gasteiger partial charge in [0.25, 0.3) is 0 Å². The topological polar surface area (TPSA) is 83.0 Å². The zero-order valence-corrected chi connectivity index (χ0v) is 21.8. The summed E-state index contributed by atoms with van der Waals surface area (Å²) in [6.07, 6.45) is 6.16. The molecular weight excluding hydrogens is 503 g/mol. The molecule has 0 spiro atoms. The first-order valence-electron chi connectivity index (χ1n) is 10.8. The predicted molar refractivity (Wildman–Crippen MR) is 131 cm³/mol. The van der Waals surface area contributed by atoms with E-state index in [-0.39, 0.29) is 35.3 Å². The highest BCUT2D eigenvalue weighted by atomic mass is 127. The van der Waals surface area contributed by atoms with Gasteiger partial charge in [0, 0.05) is 31.7 Å². The Morgan fingerprint density at radius 2 is 1.72 bits per heavy atom. The average Bonchev–Trinajstić information content (AvgIpc) is 2.66. The summed E-state index contributed by atoms with van der Waals surface area (Å²) in [6.45, 7) is 12.7. The van der Waals surface area contributed by atoms with Crippen LogP contribution >= 0.6 is 24.0 Å². The van der Waals surface area contributed by atoms with Crippen LogP contribution in [0.2, 0.25) is 0 Å². The number of hydrogen-bond donors (Lipinski definition) is 2. The first kappa shape index (κ1) is 26.9. The highest BCUT2D eigenvalue weighted by Crippen LogP contribution is 2.34. The van der Waals surface area contributed by atoms with E-state index in [1.165, 1.54) is 32.1 Å². The lowest BCUT2D eigenvalue weighted by Crippen LogP contribution is -2.56. The SMILES string of the molecule is CCNC(=NCC1(N2CCOCC2)CCCCC1)NCCS(=O)(=O)C(C)(C)C.I. The number of rotatable bonds is 7. The van der Waals surface area contributed by atoms with Crippen LogP contribution in [-0.2, 0) is 14.6 Å². The van der Waals surface area contributed by atoms with Crippen LogP contribution in [0.3, 0.4) is 0 Å². The third-order valence-corrected chi connectivity index (χ3v) is 8.55. The third-order valence-electron chi connectivity index (χ3n) is 5.94. The molecule has 1 aliphatic carbocycles. The molecule has 1 saturated heterocycles. The molecule has 7 nitrogen and oxygen atoms in total. The molecular formula is C20H41IN4O3S. The normalized spacial score (nSPS) is 21.3. The average molecular weight is 545 g/mol. The zero-order valence-electron chi connectivity index (χ0n) is 18.6. The fraction of sp³-hybridized carbons (Fsp3) is 0.950. The number of aliphatic imine (C=N–C) groups is 1. The molecule has 0 aromatic rings. The fourth-order valence-electron chi connectivity index (χ4n) is 4.00. The summed E-state index contributed by atoms with van der Waals surface area (Å²) in [5.41, 5.74) is 0.113. The van der Waals surface area contributed by atoms with Gasteiger partial charge < -0.3 is 15.4 Å². The maximum atomic E-state index is 12.3. The molecule has 0 atom stereocenters. The Kier molecular flexibility index (Phi) is 11.2. The number of guanidine groups is 1. The second-order valence-electron chi connectivity index (χ2n) is 8.94. The van der Waals surface area contributed by atoms with Gasteiger partial charge in [-0.1, -0.05) is 19.3 Å². The molecule has 0 unspecified atom stereocenters. The smallest absolute Gasteiger partial charge is 0.191 e. The number of sulfone groups is 1. The molecule has 0 amide bonds. The lowest BCUT2D eigenvalue weighted by molar-refractivity contribution is -0.0333. The van der Waals surface area contributed by atoms with Crippen LogP contribution in [0.25, 0.3) is 0 Å². The number of halogens is 1. The first-order chi connectivity index (χ1) is 13.2. The summed E-state index contributed by atoms with van der Waals surface area (Å²) < 4.78 is 29.5. The van der Waals surface area contributed by atoms with Crippen LogP contribution < -0.4 is 10.6 Å². The lowest BCUT2D eigenvalue weighted by Gasteiger charge is -2.47. The largest absolute Gasteiger partial charge is 0.379 e. The van der Waals surface area contributed by atoms with E-state index < -0.39 is 14.6 Å². The number of hydrogen-bond acceptors (Lipinski definition) is 5. The molecule has 2 aliphatic rings. The first-order valence-corrected chi connectivity index (χ1v) is 12.4.